The van der Waals surface area contributed by atoms with E-state index in [0.29, 0.717) is 11.4 Å². The molecule has 1 fully saturated rings. The Kier molecular flexibility index (Phi) is 3.92. The molecule has 0 atom stereocenters. The molecule has 0 aliphatic heterocycles. The van der Waals surface area contributed by atoms with Gasteiger partial charge in [0.1, 0.15) is 12.7 Å². The second-order valence-electron chi connectivity index (χ2n) is 4.60. The van der Waals surface area contributed by atoms with Gasteiger partial charge in [0.25, 0.3) is 0 Å². The molecule has 0 radical (unpaired) electrons. The predicted molar refractivity (Wildman–Crippen MR) is 73.7 cm³/mol. The van der Waals surface area contributed by atoms with Crippen LogP contribution in [0.2, 0.25) is 0 Å². The van der Waals surface area contributed by atoms with Gasteiger partial charge in [-0.2, -0.15) is 0 Å². The third kappa shape index (κ3) is 3.14. The number of carbonyl (C=O) groups excluding carboxylic acids is 1. The maximum absolute atomic E-state index is 11.9. The van der Waals surface area contributed by atoms with Gasteiger partial charge in [-0.1, -0.05) is 0 Å². The van der Waals surface area contributed by atoms with Crippen molar-refractivity contribution in [2.75, 3.05) is 0 Å². The highest BCUT2D eigenvalue weighted by Crippen LogP contribution is 2.24. The third-order valence-electron chi connectivity index (χ3n) is 3.14. The molecule has 6 heteroatoms. The molecule has 0 amide bonds. The summed E-state index contributed by atoms with van der Waals surface area (Å²) in [6.45, 7) is 0.241. The average molecular weight is 290 g/mol. The van der Waals surface area contributed by atoms with E-state index in [2.05, 4.69) is 9.97 Å². The van der Waals surface area contributed by atoms with Crippen LogP contribution in [0.3, 0.4) is 0 Å². The van der Waals surface area contributed by atoms with E-state index in [4.69, 9.17) is 9.47 Å². The molecule has 0 unspecified atom stereocenters. The van der Waals surface area contributed by atoms with Crippen LogP contribution in [-0.4, -0.2) is 22.0 Å². The maximum Gasteiger partial charge on any atom is 0.338 e. The fourth-order valence-corrected chi connectivity index (χ4v) is 2.30. The minimum Gasteiger partial charge on any atom is -0.474 e. The minimum absolute atomic E-state index is 0.241. The summed E-state index contributed by atoms with van der Waals surface area (Å²) in [7, 11) is 0. The fraction of sp³-hybridized carbons (Fsp3) is 0.357. The Balaban J connectivity index is 1.60. The van der Waals surface area contributed by atoms with Crippen molar-refractivity contribution in [2.45, 2.75) is 32.0 Å². The number of ether oxygens (including phenoxy) is 2. The van der Waals surface area contributed by atoms with E-state index < -0.39 is 0 Å². The Labute approximate surface area is 120 Å². The summed E-state index contributed by atoms with van der Waals surface area (Å²) >= 11 is 1.46. The summed E-state index contributed by atoms with van der Waals surface area (Å²) in [5, 5.41) is 0. The van der Waals surface area contributed by atoms with Gasteiger partial charge >= 0.3 is 5.97 Å². The molecule has 1 aliphatic carbocycles. The fourth-order valence-electron chi connectivity index (χ4n) is 1.79. The first-order valence-corrected chi connectivity index (χ1v) is 7.36. The quantitative estimate of drug-likeness (QED) is 0.792. The van der Waals surface area contributed by atoms with Gasteiger partial charge in [-0.25, -0.2) is 9.78 Å². The van der Waals surface area contributed by atoms with E-state index in [1.807, 2.05) is 0 Å². The molecule has 2 heterocycles. The smallest absolute Gasteiger partial charge is 0.338 e. The zero-order valence-electron chi connectivity index (χ0n) is 10.8. The van der Waals surface area contributed by atoms with Crippen molar-refractivity contribution in [3.05, 3.63) is 40.5 Å². The Morgan fingerprint density at radius 3 is 3.05 bits per heavy atom. The van der Waals surface area contributed by atoms with E-state index in [1.165, 1.54) is 17.8 Å². The number of pyridine rings is 1. The van der Waals surface area contributed by atoms with Gasteiger partial charge in [0.15, 0.2) is 0 Å². The number of rotatable bonds is 5. The zero-order chi connectivity index (χ0) is 13.8. The van der Waals surface area contributed by atoms with Crippen LogP contribution in [0.5, 0.6) is 5.88 Å². The van der Waals surface area contributed by atoms with Crippen molar-refractivity contribution in [2.24, 2.45) is 0 Å². The maximum atomic E-state index is 11.9. The first-order valence-electron chi connectivity index (χ1n) is 6.48. The highest BCUT2D eigenvalue weighted by Gasteiger charge is 2.20. The molecule has 0 bridgehead atoms. The Hall–Kier alpha value is -1.95. The molecule has 1 aliphatic rings. The summed E-state index contributed by atoms with van der Waals surface area (Å²) in [6.07, 6.45) is 6.81. The standard InChI is InChI=1S/C14H14N2O3S/c17-14(18-8-12-7-15-9-20-12)10-4-5-16-13(6-10)19-11-2-1-3-11/h4-7,9,11H,1-3,8H2. The van der Waals surface area contributed by atoms with Gasteiger partial charge in [-0.15, -0.1) is 11.3 Å². The highest BCUT2D eigenvalue weighted by atomic mass is 32.1. The number of hydrogen-bond donors (Lipinski definition) is 0. The molecule has 3 rings (SSSR count). The molecule has 2 aromatic rings. The number of thiazole rings is 1. The lowest BCUT2D eigenvalue weighted by Crippen LogP contribution is -2.25. The molecule has 5 nitrogen and oxygen atoms in total. The van der Waals surface area contributed by atoms with Crippen molar-refractivity contribution in [1.82, 2.24) is 9.97 Å². The topological polar surface area (TPSA) is 61.3 Å². The largest absolute Gasteiger partial charge is 0.474 e. The van der Waals surface area contributed by atoms with Crippen LogP contribution in [0.4, 0.5) is 0 Å². The molecule has 2 aromatic heterocycles. The second kappa shape index (κ2) is 6.00. The number of nitrogens with zero attached hydrogens (tertiary/aromatic N) is 2. The minimum atomic E-state index is -0.376. The lowest BCUT2D eigenvalue weighted by molar-refractivity contribution is 0.0474. The molecule has 1 saturated carbocycles. The lowest BCUT2D eigenvalue weighted by atomic mass is 9.96. The predicted octanol–water partition coefficient (Wildman–Crippen LogP) is 2.83. The van der Waals surface area contributed by atoms with Gasteiger partial charge in [0.05, 0.1) is 16.0 Å². The number of aromatic nitrogens is 2. The molecule has 0 spiro atoms. The van der Waals surface area contributed by atoms with Gasteiger partial charge < -0.3 is 9.47 Å². The normalized spacial score (nSPS) is 14.6. The van der Waals surface area contributed by atoms with Crippen molar-refractivity contribution in [1.29, 1.82) is 0 Å². The zero-order valence-corrected chi connectivity index (χ0v) is 11.6. The first-order chi connectivity index (χ1) is 9.81. The summed E-state index contributed by atoms with van der Waals surface area (Å²) < 4.78 is 10.9. The van der Waals surface area contributed by atoms with E-state index in [0.717, 1.165) is 17.7 Å². The number of carbonyl (C=O) groups is 1. The van der Waals surface area contributed by atoms with Crippen LogP contribution in [-0.2, 0) is 11.3 Å². The highest BCUT2D eigenvalue weighted by molar-refractivity contribution is 7.09. The summed E-state index contributed by atoms with van der Waals surface area (Å²) in [6, 6.07) is 3.26. The van der Waals surface area contributed by atoms with Crippen LogP contribution in [0.1, 0.15) is 34.5 Å². The molecule has 0 N–H and O–H groups in total. The van der Waals surface area contributed by atoms with Crippen molar-refractivity contribution < 1.29 is 14.3 Å². The van der Waals surface area contributed by atoms with Crippen LogP contribution < -0.4 is 4.74 Å². The average Bonchev–Trinajstić information content (AvgIpc) is 2.94. The number of hydrogen-bond acceptors (Lipinski definition) is 6. The van der Waals surface area contributed by atoms with Crippen LogP contribution in [0.15, 0.2) is 30.0 Å². The van der Waals surface area contributed by atoms with Gasteiger partial charge in [0, 0.05) is 18.5 Å². The van der Waals surface area contributed by atoms with Crippen LogP contribution in [0, 0.1) is 0 Å². The van der Waals surface area contributed by atoms with Gasteiger partial charge in [-0.05, 0) is 25.3 Å². The van der Waals surface area contributed by atoms with E-state index in [-0.39, 0.29) is 18.7 Å². The Morgan fingerprint density at radius 1 is 1.45 bits per heavy atom. The van der Waals surface area contributed by atoms with Crippen LogP contribution in [0.25, 0.3) is 0 Å². The van der Waals surface area contributed by atoms with Gasteiger partial charge in [-0.3, -0.25) is 4.98 Å². The van der Waals surface area contributed by atoms with Crippen molar-refractivity contribution in [3.63, 3.8) is 0 Å². The Morgan fingerprint density at radius 2 is 2.35 bits per heavy atom. The van der Waals surface area contributed by atoms with E-state index in [9.17, 15) is 4.79 Å². The molecule has 104 valence electrons. The number of esters is 1. The third-order valence-corrected chi connectivity index (χ3v) is 3.89. The SMILES string of the molecule is O=C(OCc1cncs1)c1ccnc(OC2CCC2)c1. The second-order valence-corrected chi connectivity index (χ2v) is 5.57. The summed E-state index contributed by atoms with van der Waals surface area (Å²) in [5.74, 6) is 0.112. The molecular weight excluding hydrogens is 276 g/mol. The van der Waals surface area contributed by atoms with Crippen LogP contribution >= 0.6 is 11.3 Å². The molecule has 0 saturated heterocycles. The van der Waals surface area contributed by atoms with Crippen molar-refractivity contribution in [3.8, 4) is 5.88 Å². The van der Waals surface area contributed by atoms with E-state index in [1.54, 1.807) is 30.0 Å². The van der Waals surface area contributed by atoms with E-state index >= 15 is 0 Å². The van der Waals surface area contributed by atoms with Crippen molar-refractivity contribution >= 4 is 17.3 Å². The first kappa shape index (κ1) is 13.1. The summed E-state index contributed by atoms with van der Waals surface area (Å²) in [4.78, 5) is 20.9. The lowest BCUT2D eigenvalue weighted by Gasteiger charge is -2.25. The molecular formula is C14H14N2O3S. The molecule has 20 heavy (non-hydrogen) atoms. The van der Waals surface area contributed by atoms with Gasteiger partial charge in [0.2, 0.25) is 5.88 Å². The Bertz CT molecular complexity index is 582. The monoisotopic (exact) mass is 290 g/mol. The molecule has 0 aromatic carbocycles. The summed E-state index contributed by atoms with van der Waals surface area (Å²) in [5.41, 5.74) is 2.17.